The first kappa shape index (κ1) is 18.4. The molecule has 0 aromatic heterocycles. The summed E-state index contributed by atoms with van der Waals surface area (Å²) in [6.07, 6.45) is -0.132. The topological polar surface area (TPSA) is 67.9 Å². The summed E-state index contributed by atoms with van der Waals surface area (Å²) in [5.41, 5.74) is 0.654. The van der Waals surface area contributed by atoms with Crippen LogP contribution in [0.5, 0.6) is 0 Å². The average Bonchev–Trinajstić information content (AvgIpc) is 2.58. The van der Waals surface area contributed by atoms with Gasteiger partial charge in [0.15, 0.2) is 6.10 Å². The Labute approximate surface area is 140 Å². The first-order chi connectivity index (χ1) is 11.5. The summed E-state index contributed by atoms with van der Waals surface area (Å²) in [6, 6.07) is 5.15. The van der Waals surface area contributed by atoms with Crippen LogP contribution in [0.4, 0.5) is 4.39 Å². The normalized spacial score (nSPS) is 21.0. The number of benzene rings is 1. The SMILES string of the molecule is CCOCCCNC(=O)[C@H]1OCC(=O)N(C)[C@@H]1c1ccc(F)cc1. The lowest BCUT2D eigenvalue weighted by molar-refractivity contribution is -0.162. The molecule has 0 saturated carbocycles. The van der Waals surface area contributed by atoms with E-state index in [1.807, 2.05) is 6.92 Å². The number of carbonyl (C=O) groups is 2. The second kappa shape index (κ2) is 8.75. The number of ether oxygens (including phenoxy) is 2. The fraction of sp³-hybridized carbons (Fsp3) is 0.529. The van der Waals surface area contributed by atoms with Crippen LogP contribution in [0.25, 0.3) is 0 Å². The lowest BCUT2D eigenvalue weighted by Gasteiger charge is -2.38. The molecule has 2 rings (SSSR count). The van der Waals surface area contributed by atoms with Crippen molar-refractivity contribution in [1.29, 1.82) is 0 Å². The van der Waals surface area contributed by atoms with Gasteiger partial charge in [0.25, 0.3) is 5.91 Å². The van der Waals surface area contributed by atoms with Crippen molar-refractivity contribution in [2.75, 3.05) is 33.4 Å². The van der Waals surface area contributed by atoms with E-state index in [0.29, 0.717) is 31.7 Å². The minimum absolute atomic E-state index is 0.148. The molecule has 1 saturated heterocycles. The van der Waals surface area contributed by atoms with E-state index < -0.39 is 12.1 Å². The highest BCUT2D eigenvalue weighted by Gasteiger charge is 2.39. The summed E-state index contributed by atoms with van der Waals surface area (Å²) >= 11 is 0. The van der Waals surface area contributed by atoms with E-state index in [1.165, 1.54) is 17.0 Å². The van der Waals surface area contributed by atoms with Gasteiger partial charge in [-0.3, -0.25) is 9.59 Å². The number of amides is 2. The highest BCUT2D eigenvalue weighted by molar-refractivity contribution is 5.86. The van der Waals surface area contributed by atoms with E-state index in [1.54, 1.807) is 19.2 Å². The maximum atomic E-state index is 13.1. The van der Waals surface area contributed by atoms with Crippen LogP contribution in [0.1, 0.15) is 24.9 Å². The van der Waals surface area contributed by atoms with Crippen LogP contribution in [-0.4, -0.2) is 56.2 Å². The average molecular weight is 338 g/mol. The molecule has 0 bridgehead atoms. The Morgan fingerprint density at radius 1 is 1.42 bits per heavy atom. The van der Waals surface area contributed by atoms with Gasteiger partial charge in [0.2, 0.25) is 5.91 Å². The van der Waals surface area contributed by atoms with Crippen LogP contribution in [-0.2, 0) is 19.1 Å². The van der Waals surface area contributed by atoms with Crippen molar-refractivity contribution < 1.29 is 23.5 Å². The van der Waals surface area contributed by atoms with Gasteiger partial charge >= 0.3 is 0 Å². The molecule has 2 amide bonds. The van der Waals surface area contributed by atoms with Crippen LogP contribution in [0.15, 0.2) is 24.3 Å². The van der Waals surface area contributed by atoms with Crippen molar-refractivity contribution >= 4 is 11.8 Å². The summed E-state index contributed by atoms with van der Waals surface area (Å²) < 4.78 is 23.8. The molecule has 1 N–H and O–H groups in total. The fourth-order valence-electron chi connectivity index (χ4n) is 2.62. The van der Waals surface area contributed by atoms with Crippen molar-refractivity contribution in [3.05, 3.63) is 35.6 Å². The van der Waals surface area contributed by atoms with Gasteiger partial charge in [0.1, 0.15) is 12.4 Å². The van der Waals surface area contributed by atoms with E-state index in [0.717, 1.165) is 0 Å². The van der Waals surface area contributed by atoms with E-state index >= 15 is 0 Å². The van der Waals surface area contributed by atoms with Crippen molar-refractivity contribution in [1.82, 2.24) is 10.2 Å². The van der Waals surface area contributed by atoms with Gasteiger partial charge in [-0.2, -0.15) is 0 Å². The lowest BCUT2D eigenvalue weighted by atomic mass is 9.97. The van der Waals surface area contributed by atoms with Gasteiger partial charge in [0, 0.05) is 26.8 Å². The molecule has 6 nitrogen and oxygen atoms in total. The molecule has 1 aliphatic rings. The second-order valence-corrected chi connectivity index (χ2v) is 5.57. The molecule has 24 heavy (non-hydrogen) atoms. The molecule has 0 spiro atoms. The molecular formula is C17H23FN2O4. The van der Waals surface area contributed by atoms with Crippen molar-refractivity contribution in [2.45, 2.75) is 25.5 Å². The fourth-order valence-corrected chi connectivity index (χ4v) is 2.62. The van der Waals surface area contributed by atoms with Crippen LogP contribution in [0.3, 0.4) is 0 Å². The number of rotatable bonds is 7. The van der Waals surface area contributed by atoms with Crippen molar-refractivity contribution in [3.63, 3.8) is 0 Å². The molecule has 1 heterocycles. The van der Waals surface area contributed by atoms with Crippen LogP contribution < -0.4 is 5.32 Å². The van der Waals surface area contributed by atoms with Gasteiger partial charge < -0.3 is 19.7 Å². The van der Waals surface area contributed by atoms with Gasteiger partial charge in [-0.05, 0) is 31.0 Å². The Hall–Kier alpha value is -1.99. The van der Waals surface area contributed by atoms with Crippen LogP contribution in [0.2, 0.25) is 0 Å². The molecule has 7 heteroatoms. The number of hydrogen-bond donors (Lipinski definition) is 1. The quantitative estimate of drug-likeness (QED) is 0.760. The Morgan fingerprint density at radius 3 is 2.79 bits per heavy atom. The predicted octanol–water partition coefficient (Wildman–Crippen LogP) is 1.27. The van der Waals surface area contributed by atoms with Gasteiger partial charge in [0.05, 0.1) is 6.04 Å². The molecule has 0 radical (unpaired) electrons. The maximum Gasteiger partial charge on any atom is 0.251 e. The Balaban J connectivity index is 2.06. The van der Waals surface area contributed by atoms with E-state index in [2.05, 4.69) is 5.32 Å². The molecule has 1 aromatic rings. The third kappa shape index (κ3) is 4.52. The number of nitrogens with one attached hydrogen (secondary N) is 1. The van der Waals surface area contributed by atoms with Crippen LogP contribution in [0, 0.1) is 5.82 Å². The highest BCUT2D eigenvalue weighted by Crippen LogP contribution is 2.29. The first-order valence-corrected chi connectivity index (χ1v) is 8.02. The number of likely N-dealkylation sites (N-methyl/N-ethyl adjacent to an activating group) is 1. The molecule has 1 fully saturated rings. The Morgan fingerprint density at radius 2 is 2.12 bits per heavy atom. The standard InChI is InChI=1S/C17H23FN2O4/c1-3-23-10-4-9-19-17(22)16-15(20(2)14(21)11-24-16)12-5-7-13(18)8-6-12/h5-8,15-16H,3-4,9-11H2,1-2H3,(H,19,22)/t15-,16+/m1/s1. The molecule has 1 aromatic carbocycles. The summed E-state index contributed by atoms with van der Waals surface area (Å²) in [5, 5.41) is 2.80. The molecular weight excluding hydrogens is 315 g/mol. The monoisotopic (exact) mass is 338 g/mol. The summed E-state index contributed by atoms with van der Waals surface area (Å²) in [5.74, 6) is -0.883. The number of morpholine rings is 1. The van der Waals surface area contributed by atoms with E-state index in [9.17, 15) is 14.0 Å². The zero-order valence-electron chi connectivity index (χ0n) is 14.0. The van der Waals surface area contributed by atoms with Crippen molar-refractivity contribution in [3.8, 4) is 0 Å². The molecule has 0 aliphatic carbocycles. The third-order valence-corrected chi connectivity index (χ3v) is 3.92. The van der Waals surface area contributed by atoms with Gasteiger partial charge in [-0.1, -0.05) is 12.1 Å². The maximum absolute atomic E-state index is 13.1. The lowest BCUT2D eigenvalue weighted by Crippen LogP contribution is -2.53. The zero-order valence-corrected chi connectivity index (χ0v) is 14.0. The van der Waals surface area contributed by atoms with Crippen molar-refractivity contribution in [2.24, 2.45) is 0 Å². The summed E-state index contributed by atoms with van der Waals surface area (Å²) in [7, 11) is 1.62. The largest absolute Gasteiger partial charge is 0.382 e. The van der Waals surface area contributed by atoms with Gasteiger partial charge in [-0.25, -0.2) is 4.39 Å². The number of nitrogens with zero attached hydrogens (tertiary/aromatic N) is 1. The number of carbonyl (C=O) groups excluding carboxylic acids is 2. The molecule has 132 valence electrons. The number of hydrogen-bond acceptors (Lipinski definition) is 4. The molecule has 2 atom stereocenters. The second-order valence-electron chi connectivity index (χ2n) is 5.57. The minimum Gasteiger partial charge on any atom is -0.382 e. The smallest absolute Gasteiger partial charge is 0.251 e. The predicted molar refractivity (Wildman–Crippen MR) is 85.8 cm³/mol. The Kier molecular flexibility index (Phi) is 6.69. The van der Waals surface area contributed by atoms with Crippen LogP contribution >= 0.6 is 0 Å². The van der Waals surface area contributed by atoms with E-state index in [-0.39, 0.29) is 24.2 Å². The van der Waals surface area contributed by atoms with E-state index in [4.69, 9.17) is 9.47 Å². The molecule has 0 unspecified atom stereocenters. The van der Waals surface area contributed by atoms with Gasteiger partial charge in [-0.15, -0.1) is 0 Å². The number of halogens is 1. The zero-order chi connectivity index (χ0) is 17.5. The minimum atomic E-state index is -0.828. The summed E-state index contributed by atoms with van der Waals surface area (Å²) in [4.78, 5) is 25.8. The molecule has 1 aliphatic heterocycles. The Bertz CT molecular complexity index is 564. The summed E-state index contributed by atoms with van der Waals surface area (Å²) in [6.45, 7) is 3.44. The third-order valence-electron chi connectivity index (χ3n) is 3.92. The highest BCUT2D eigenvalue weighted by atomic mass is 19.1. The first-order valence-electron chi connectivity index (χ1n) is 8.02.